The van der Waals surface area contributed by atoms with Crippen LogP contribution in [0.1, 0.15) is 61.3 Å². The molecule has 1 rings (SSSR count). The van der Waals surface area contributed by atoms with Crippen LogP contribution in [0.3, 0.4) is 0 Å². The first-order valence-corrected chi connectivity index (χ1v) is 9.91. The standard InChI is InChI=1S/C18H26O7S/c1-12(2)5-7-24-17(19)14-9-15(11-16(10-14)26(21,22)23)18(20)25-8-6-13(3)4/h9-13H,5-8H2,1-4H3,(H,21,22,23). The summed E-state index contributed by atoms with van der Waals surface area (Å²) in [5.74, 6) is -0.878. The third-order valence-electron chi connectivity index (χ3n) is 3.53. The van der Waals surface area contributed by atoms with Crippen LogP contribution >= 0.6 is 0 Å². The Balaban J connectivity index is 3.03. The lowest BCUT2D eigenvalue weighted by atomic mass is 10.1. The summed E-state index contributed by atoms with van der Waals surface area (Å²) in [4.78, 5) is 23.7. The topological polar surface area (TPSA) is 107 Å². The van der Waals surface area contributed by atoms with Gasteiger partial charge in [-0.05, 0) is 42.9 Å². The van der Waals surface area contributed by atoms with Crippen molar-refractivity contribution in [2.45, 2.75) is 45.4 Å². The number of carbonyl (C=O) groups is 2. The van der Waals surface area contributed by atoms with Gasteiger partial charge in [0.2, 0.25) is 0 Å². The Morgan fingerprint density at radius 3 is 1.58 bits per heavy atom. The summed E-state index contributed by atoms with van der Waals surface area (Å²) >= 11 is 0. The zero-order valence-electron chi connectivity index (χ0n) is 15.5. The van der Waals surface area contributed by atoms with Gasteiger partial charge in [0.05, 0.1) is 29.2 Å². The first kappa shape index (κ1) is 22.1. The molecule has 1 aromatic carbocycles. The van der Waals surface area contributed by atoms with Gasteiger partial charge in [-0.25, -0.2) is 9.59 Å². The van der Waals surface area contributed by atoms with Gasteiger partial charge in [0.15, 0.2) is 0 Å². The van der Waals surface area contributed by atoms with Crippen molar-refractivity contribution < 1.29 is 32.0 Å². The zero-order chi connectivity index (χ0) is 19.9. The van der Waals surface area contributed by atoms with E-state index in [2.05, 4.69) is 0 Å². The van der Waals surface area contributed by atoms with Crippen LogP contribution in [0.2, 0.25) is 0 Å². The van der Waals surface area contributed by atoms with Crippen molar-refractivity contribution in [3.63, 3.8) is 0 Å². The summed E-state index contributed by atoms with van der Waals surface area (Å²) in [5, 5.41) is 0. The van der Waals surface area contributed by atoms with Crippen LogP contribution in [-0.2, 0) is 19.6 Å². The van der Waals surface area contributed by atoms with Crippen LogP contribution in [0.15, 0.2) is 23.1 Å². The maximum absolute atomic E-state index is 12.1. The molecule has 0 heterocycles. The van der Waals surface area contributed by atoms with Crippen molar-refractivity contribution >= 4 is 22.1 Å². The van der Waals surface area contributed by atoms with E-state index in [4.69, 9.17) is 9.47 Å². The van der Waals surface area contributed by atoms with E-state index in [-0.39, 0.29) is 24.3 Å². The predicted molar refractivity (Wildman–Crippen MR) is 95.7 cm³/mol. The van der Waals surface area contributed by atoms with E-state index in [1.54, 1.807) is 0 Å². The number of rotatable bonds is 9. The van der Waals surface area contributed by atoms with Gasteiger partial charge in [0.25, 0.3) is 10.1 Å². The molecule has 7 nitrogen and oxygen atoms in total. The second kappa shape index (κ2) is 9.68. The van der Waals surface area contributed by atoms with Crippen LogP contribution in [-0.4, -0.2) is 38.1 Å². The minimum Gasteiger partial charge on any atom is -0.462 e. The fourth-order valence-corrected chi connectivity index (χ4v) is 2.48. The van der Waals surface area contributed by atoms with E-state index < -0.39 is 27.0 Å². The monoisotopic (exact) mass is 386 g/mol. The largest absolute Gasteiger partial charge is 0.462 e. The quantitative estimate of drug-likeness (QED) is 0.512. The third kappa shape index (κ3) is 7.53. The van der Waals surface area contributed by atoms with Crippen molar-refractivity contribution in [3.05, 3.63) is 29.3 Å². The molecule has 0 spiro atoms. The molecule has 0 bridgehead atoms. The normalized spacial score (nSPS) is 11.7. The highest BCUT2D eigenvalue weighted by molar-refractivity contribution is 7.85. The molecule has 0 aliphatic heterocycles. The Labute approximate surface area is 154 Å². The van der Waals surface area contributed by atoms with E-state index in [1.165, 1.54) is 6.07 Å². The highest BCUT2D eigenvalue weighted by atomic mass is 32.2. The fourth-order valence-electron chi connectivity index (χ4n) is 1.93. The highest BCUT2D eigenvalue weighted by Gasteiger charge is 2.20. The maximum Gasteiger partial charge on any atom is 0.338 e. The number of carbonyl (C=O) groups excluding carboxylic acids is 2. The van der Waals surface area contributed by atoms with Crippen molar-refractivity contribution in [2.24, 2.45) is 11.8 Å². The molecule has 0 saturated carbocycles. The molecule has 0 aliphatic carbocycles. The molecule has 0 radical (unpaired) electrons. The maximum atomic E-state index is 12.1. The van der Waals surface area contributed by atoms with Crippen LogP contribution in [0.4, 0.5) is 0 Å². The molecule has 1 aromatic rings. The smallest absolute Gasteiger partial charge is 0.338 e. The van der Waals surface area contributed by atoms with Crippen LogP contribution in [0.25, 0.3) is 0 Å². The number of esters is 2. The van der Waals surface area contributed by atoms with Gasteiger partial charge in [-0.3, -0.25) is 4.55 Å². The average molecular weight is 386 g/mol. The van der Waals surface area contributed by atoms with Gasteiger partial charge < -0.3 is 9.47 Å². The molecule has 0 unspecified atom stereocenters. The summed E-state index contributed by atoms with van der Waals surface area (Å²) in [5.41, 5.74) is -0.278. The number of hydrogen-bond donors (Lipinski definition) is 1. The van der Waals surface area contributed by atoms with E-state index in [1.807, 2.05) is 27.7 Å². The molecular formula is C18H26O7S. The predicted octanol–water partition coefficient (Wildman–Crippen LogP) is 3.34. The van der Waals surface area contributed by atoms with Crippen molar-refractivity contribution in [3.8, 4) is 0 Å². The first-order chi connectivity index (χ1) is 12.0. The van der Waals surface area contributed by atoms with Gasteiger partial charge >= 0.3 is 11.9 Å². The summed E-state index contributed by atoms with van der Waals surface area (Å²) < 4.78 is 42.3. The van der Waals surface area contributed by atoms with Gasteiger partial charge in [-0.1, -0.05) is 27.7 Å². The van der Waals surface area contributed by atoms with Gasteiger partial charge in [-0.15, -0.1) is 0 Å². The van der Waals surface area contributed by atoms with Crippen LogP contribution in [0.5, 0.6) is 0 Å². The minimum atomic E-state index is -4.60. The molecule has 26 heavy (non-hydrogen) atoms. The molecule has 0 saturated heterocycles. The summed E-state index contributed by atoms with van der Waals surface area (Å²) in [6.45, 7) is 8.22. The third-order valence-corrected chi connectivity index (χ3v) is 4.36. The number of ether oxygens (including phenoxy) is 2. The Morgan fingerprint density at radius 1 is 0.885 bits per heavy atom. The Morgan fingerprint density at radius 2 is 1.27 bits per heavy atom. The zero-order valence-corrected chi connectivity index (χ0v) is 16.3. The lowest BCUT2D eigenvalue weighted by Gasteiger charge is -2.10. The highest BCUT2D eigenvalue weighted by Crippen LogP contribution is 2.18. The van der Waals surface area contributed by atoms with E-state index in [0.717, 1.165) is 12.1 Å². The molecule has 8 heteroatoms. The summed E-state index contributed by atoms with van der Waals surface area (Å²) in [6.07, 6.45) is 1.29. The van der Waals surface area contributed by atoms with Crippen LogP contribution < -0.4 is 0 Å². The SMILES string of the molecule is CC(C)CCOC(=O)c1cc(C(=O)OCCC(C)C)cc(S(=O)(=O)O)c1. The Hall–Kier alpha value is -1.93. The Kier molecular flexibility index (Phi) is 8.23. The molecule has 0 fully saturated rings. The van der Waals surface area contributed by atoms with Crippen molar-refractivity contribution in [1.82, 2.24) is 0 Å². The first-order valence-electron chi connectivity index (χ1n) is 8.47. The molecular weight excluding hydrogens is 360 g/mol. The number of benzene rings is 1. The van der Waals surface area contributed by atoms with Gasteiger partial charge in [0, 0.05) is 0 Å². The second-order valence-corrected chi connectivity index (χ2v) is 8.28. The van der Waals surface area contributed by atoms with Crippen molar-refractivity contribution in [1.29, 1.82) is 0 Å². The van der Waals surface area contributed by atoms with Crippen LogP contribution in [0, 0.1) is 11.8 Å². The molecule has 0 aliphatic rings. The summed E-state index contributed by atoms with van der Waals surface area (Å²) in [6, 6.07) is 3.14. The van der Waals surface area contributed by atoms with Crippen molar-refractivity contribution in [2.75, 3.05) is 13.2 Å². The minimum absolute atomic E-state index is 0.139. The lowest BCUT2D eigenvalue weighted by Crippen LogP contribution is -2.13. The van der Waals surface area contributed by atoms with Gasteiger partial charge in [-0.2, -0.15) is 8.42 Å². The molecule has 0 atom stereocenters. The van der Waals surface area contributed by atoms with Gasteiger partial charge in [0.1, 0.15) is 0 Å². The number of hydrogen-bond acceptors (Lipinski definition) is 6. The average Bonchev–Trinajstić information content (AvgIpc) is 2.52. The second-order valence-electron chi connectivity index (χ2n) is 6.86. The summed E-state index contributed by atoms with van der Waals surface area (Å²) in [7, 11) is -4.60. The van der Waals surface area contributed by atoms with E-state index in [9.17, 15) is 22.6 Å². The van der Waals surface area contributed by atoms with E-state index in [0.29, 0.717) is 24.7 Å². The fraction of sp³-hybridized carbons (Fsp3) is 0.556. The lowest BCUT2D eigenvalue weighted by molar-refractivity contribution is 0.0486. The van der Waals surface area contributed by atoms with E-state index >= 15 is 0 Å². The Bertz CT molecular complexity index is 692. The molecule has 0 amide bonds. The molecule has 1 N–H and O–H groups in total. The molecule has 146 valence electrons. The molecule has 0 aromatic heterocycles.